The van der Waals surface area contributed by atoms with Gasteiger partial charge in [0.1, 0.15) is 0 Å². The van der Waals surface area contributed by atoms with Crippen molar-refractivity contribution in [3.63, 3.8) is 0 Å². The van der Waals surface area contributed by atoms with Crippen molar-refractivity contribution in [2.24, 2.45) is 5.73 Å². The predicted molar refractivity (Wildman–Crippen MR) is 60.4 cm³/mol. The third-order valence-electron chi connectivity index (χ3n) is 1.81. The van der Waals surface area contributed by atoms with Gasteiger partial charge in [-0.3, -0.25) is 0 Å². The summed E-state index contributed by atoms with van der Waals surface area (Å²) in [7, 11) is -3.46. The Bertz CT molecular complexity index is 439. The van der Waals surface area contributed by atoms with Crippen molar-refractivity contribution in [1.82, 2.24) is 9.71 Å². The van der Waals surface area contributed by atoms with Crippen LogP contribution in [0.2, 0.25) is 0 Å². The summed E-state index contributed by atoms with van der Waals surface area (Å²) in [5.41, 5.74) is 5.90. The molecule has 7 heteroatoms. The lowest BCUT2D eigenvalue weighted by atomic mass is 10.4. The minimum Gasteiger partial charge on any atom is -0.329 e. The number of hydrogen-bond acceptors (Lipinski definition) is 5. The first-order valence-corrected chi connectivity index (χ1v) is 6.83. The number of nitrogens with two attached hydrogens (primary N) is 1. The van der Waals surface area contributed by atoms with Crippen molar-refractivity contribution >= 4 is 21.4 Å². The van der Waals surface area contributed by atoms with Gasteiger partial charge in [-0.2, -0.15) is 0 Å². The van der Waals surface area contributed by atoms with Crippen LogP contribution in [0.4, 0.5) is 0 Å². The molecule has 0 aromatic carbocycles. The van der Waals surface area contributed by atoms with Crippen LogP contribution in [-0.2, 0) is 10.0 Å². The second-order valence-corrected chi connectivity index (χ2v) is 6.48. The lowest BCUT2D eigenvalue weighted by Crippen LogP contribution is -2.37. The quantitative estimate of drug-likeness (QED) is 0.808. The van der Waals surface area contributed by atoms with Gasteiger partial charge >= 0.3 is 0 Å². The Labute approximate surface area is 93.8 Å². The zero-order valence-corrected chi connectivity index (χ0v) is 10.6. The molecule has 1 aromatic rings. The summed E-state index contributed by atoms with van der Waals surface area (Å²) in [6, 6.07) is -0.267. The highest BCUT2D eigenvalue weighted by Crippen LogP contribution is 2.22. The van der Waals surface area contributed by atoms with Crippen LogP contribution in [0.25, 0.3) is 0 Å². The smallest absolute Gasteiger partial charge is 0.252 e. The van der Waals surface area contributed by atoms with Gasteiger partial charge < -0.3 is 5.73 Å². The number of aromatic nitrogens is 1. The Kier molecular flexibility index (Phi) is 3.82. The molecule has 0 fully saturated rings. The molecule has 1 heterocycles. The molecule has 0 aliphatic carbocycles. The van der Waals surface area contributed by atoms with Crippen LogP contribution in [0.1, 0.15) is 17.6 Å². The molecular formula is C8H15N3O2S2. The molecule has 0 amide bonds. The van der Waals surface area contributed by atoms with Crippen molar-refractivity contribution < 1.29 is 8.42 Å². The summed E-state index contributed by atoms with van der Waals surface area (Å²) in [4.78, 5) is 4.08. The Morgan fingerprint density at radius 2 is 2.13 bits per heavy atom. The van der Waals surface area contributed by atoms with E-state index in [9.17, 15) is 8.42 Å². The highest BCUT2D eigenvalue weighted by atomic mass is 32.2. The fraction of sp³-hybridized carbons (Fsp3) is 0.625. The van der Waals surface area contributed by atoms with Crippen molar-refractivity contribution in [3.8, 4) is 0 Å². The topological polar surface area (TPSA) is 85.1 Å². The molecule has 1 atom stereocenters. The van der Waals surface area contributed by atoms with Gasteiger partial charge in [0.05, 0.1) is 10.7 Å². The Morgan fingerprint density at radius 3 is 2.53 bits per heavy atom. The first-order valence-electron chi connectivity index (χ1n) is 4.53. The van der Waals surface area contributed by atoms with Crippen LogP contribution in [0.5, 0.6) is 0 Å². The average Bonchev–Trinajstić information content (AvgIpc) is 2.45. The lowest BCUT2D eigenvalue weighted by Gasteiger charge is -2.10. The van der Waals surface area contributed by atoms with Crippen molar-refractivity contribution in [2.75, 3.05) is 6.54 Å². The molecule has 0 bridgehead atoms. The molecule has 0 unspecified atom stereocenters. The zero-order chi connectivity index (χ0) is 11.6. The van der Waals surface area contributed by atoms with Crippen LogP contribution >= 0.6 is 11.3 Å². The summed E-state index contributed by atoms with van der Waals surface area (Å²) in [5.74, 6) is 0. The van der Waals surface area contributed by atoms with E-state index in [4.69, 9.17) is 5.73 Å². The number of rotatable bonds is 4. The SMILES string of the molecule is Cc1nc(C)c(S(=O)(=O)N[C@H](C)CN)s1. The maximum Gasteiger partial charge on any atom is 0.252 e. The maximum absolute atomic E-state index is 11.8. The van der Waals surface area contributed by atoms with Crippen LogP contribution in [0.3, 0.4) is 0 Å². The largest absolute Gasteiger partial charge is 0.329 e. The molecule has 1 rings (SSSR count). The molecule has 3 N–H and O–H groups in total. The van der Waals surface area contributed by atoms with E-state index in [-0.39, 0.29) is 16.8 Å². The standard InChI is InChI=1S/C8H15N3O2S2/c1-5(4-9)11-15(12,13)8-6(2)10-7(3)14-8/h5,11H,4,9H2,1-3H3/t5-/m1/s1. The Hall–Kier alpha value is -0.500. The average molecular weight is 249 g/mol. The summed E-state index contributed by atoms with van der Waals surface area (Å²) in [6.07, 6.45) is 0. The highest BCUT2D eigenvalue weighted by molar-refractivity contribution is 7.91. The van der Waals surface area contributed by atoms with E-state index in [1.165, 1.54) is 11.3 Å². The minimum absolute atomic E-state index is 0.267. The second kappa shape index (κ2) is 4.56. The number of nitrogens with zero attached hydrogens (tertiary/aromatic N) is 1. The summed E-state index contributed by atoms with van der Waals surface area (Å²) in [6.45, 7) is 5.46. The number of thiazole rings is 1. The van der Waals surface area contributed by atoms with E-state index < -0.39 is 10.0 Å². The van der Waals surface area contributed by atoms with Gasteiger partial charge in [-0.15, -0.1) is 11.3 Å². The van der Waals surface area contributed by atoms with E-state index >= 15 is 0 Å². The number of hydrogen-bond donors (Lipinski definition) is 2. The fourth-order valence-corrected chi connectivity index (χ4v) is 3.89. The predicted octanol–water partition coefficient (Wildman–Crippen LogP) is 0.385. The van der Waals surface area contributed by atoms with Gasteiger partial charge in [-0.1, -0.05) is 0 Å². The minimum atomic E-state index is -3.46. The summed E-state index contributed by atoms with van der Waals surface area (Å²) >= 11 is 1.17. The van der Waals surface area contributed by atoms with Gasteiger partial charge in [0, 0.05) is 12.6 Å². The van der Waals surface area contributed by atoms with E-state index in [1.54, 1.807) is 20.8 Å². The maximum atomic E-state index is 11.8. The molecule has 0 spiro atoms. The summed E-state index contributed by atoms with van der Waals surface area (Å²) in [5, 5.41) is 0.744. The fourth-order valence-electron chi connectivity index (χ4n) is 1.13. The normalized spacial score (nSPS) is 14.1. The van der Waals surface area contributed by atoms with Crippen LogP contribution in [0, 0.1) is 13.8 Å². The van der Waals surface area contributed by atoms with Gasteiger partial charge in [0.15, 0.2) is 4.21 Å². The third-order valence-corrected chi connectivity index (χ3v) is 5.09. The van der Waals surface area contributed by atoms with Crippen LogP contribution in [-0.4, -0.2) is 26.0 Å². The van der Waals surface area contributed by atoms with Gasteiger partial charge in [0.25, 0.3) is 10.0 Å². The molecule has 0 saturated carbocycles. The van der Waals surface area contributed by atoms with Crippen molar-refractivity contribution in [3.05, 3.63) is 10.7 Å². The molecule has 0 saturated heterocycles. The van der Waals surface area contributed by atoms with E-state index in [1.807, 2.05) is 0 Å². The third kappa shape index (κ3) is 2.97. The monoisotopic (exact) mass is 249 g/mol. The Balaban J connectivity index is 3.01. The van der Waals surface area contributed by atoms with Gasteiger partial charge in [-0.25, -0.2) is 18.1 Å². The van der Waals surface area contributed by atoms with Crippen LogP contribution in [0.15, 0.2) is 4.21 Å². The van der Waals surface area contributed by atoms with Crippen LogP contribution < -0.4 is 10.5 Å². The number of nitrogens with one attached hydrogen (secondary N) is 1. The zero-order valence-electron chi connectivity index (χ0n) is 8.94. The van der Waals surface area contributed by atoms with Crippen molar-refractivity contribution in [1.29, 1.82) is 0 Å². The Morgan fingerprint density at radius 1 is 1.53 bits per heavy atom. The molecule has 5 nitrogen and oxygen atoms in total. The molecule has 15 heavy (non-hydrogen) atoms. The lowest BCUT2D eigenvalue weighted by molar-refractivity contribution is 0.564. The van der Waals surface area contributed by atoms with Gasteiger partial charge in [0.2, 0.25) is 0 Å². The first kappa shape index (κ1) is 12.6. The number of sulfonamides is 1. The van der Waals surface area contributed by atoms with Crippen molar-refractivity contribution in [2.45, 2.75) is 31.0 Å². The highest BCUT2D eigenvalue weighted by Gasteiger charge is 2.22. The van der Waals surface area contributed by atoms with Gasteiger partial charge in [-0.05, 0) is 20.8 Å². The molecule has 0 aliphatic rings. The molecular weight excluding hydrogens is 234 g/mol. The van der Waals surface area contributed by atoms with E-state index in [2.05, 4.69) is 9.71 Å². The first-order chi connectivity index (χ1) is 6.86. The molecule has 86 valence electrons. The molecule has 1 aromatic heterocycles. The second-order valence-electron chi connectivity index (χ2n) is 3.36. The number of aryl methyl sites for hydroxylation is 2. The van der Waals surface area contributed by atoms with E-state index in [0.717, 1.165) is 5.01 Å². The van der Waals surface area contributed by atoms with E-state index in [0.29, 0.717) is 5.69 Å². The molecule has 0 aliphatic heterocycles. The molecule has 0 radical (unpaired) electrons. The summed E-state index contributed by atoms with van der Waals surface area (Å²) < 4.78 is 26.5.